The Morgan fingerprint density at radius 3 is 3.27 bits per heavy atom. The molecule has 6 heteroatoms. The van der Waals surface area contributed by atoms with Gasteiger partial charge in [-0.3, -0.25) is 0 Å². The molecule has 4 nitrogen and oxygen atoms in total. The van der Waals surface area contributed by atoms with Gasteiger partial charge < -0.3 is 5.32 Å². The zero-order valence-electron chi connectivity index (χ0n) is 8.33. The van der Waals surface area contributed by atoms with Crippen molar-refractivity contribution < 1.29 is 0 Å². The van der Waals surface area contributed by atoms with Crippen LogP contribution in [0, 0.1) is 0 Å². The SMILES string of the molecule is CSc1nc2n(n1)CC1=C(N2)C(Cl)CC1. The van der Waals surface area contributed by atoms with Crippen molar-refractivity contribution >= 4 is 29.3 Å². The van der Waals surface area contributed by atoms with Crippen molar-refractivity contribution in [3.8, 4) is 0 Å². The molecule has 1 aliphatic carbocycles. The molecule has 15 heavy (non-hydrogen) atoms. The fraction of sp³-hybridized carbons (Fsp3) is 0.556. The Kier molecular flexibility index (Phi) is 2.17. The number of alkyl halides is 1. The van der Waals surface area contributed by atoms with E-state index in [4.69, 9.17) is 11.6 Å². The summed E-state index contributed by atoms with van der Waals surface area (Å²) in [5, 5.41) is 8.61. The predicted molar refractivity (Wildman–Crippen MR) is 61.3 cm³/mol. The largest absolute Gasteiger partial charge is 0.327 e. The van der Waals surface area contributed by atoms with Gasteiger partial charge in [-0.1, -0.05) is 11.8 Å². The molecular formula is C9H11ClN4S. The molecule has 0 aromatic carbocycles. The number of hydrogen-bond acceptors (Lipinski definition) is 4. The molecule has 1 atom stereocenters. The van der Waals surface area contributed by atoms with Gasteiger partial charge in [0.05, 0.1) is 11.9 Å². The molecule has 0 spiro atoms. The van der Waals surface area contributed by atoms with Crippen LogP contribution < -0.4 is 5.32 Å². The standard InChI is InChI=1S/C9H11ClN4S/c1-15-9-12-8-11-7-5(2-3-6(7)10)4-14(8)13-9/h6H,2-4H2,1H3,(H,11,12,13). The van der Waals surface area contributed by atoms with Crippen molar-refractivity contribution in [3.63, 3.8) is 0 Å². The van der Waals surface area contributed by atoms with E-state index in [9.17, 15) is 0 Å². The highest BCUT2D eigenvalue weighted by atomic mass is 35.5. The third-order valence-corrected chi connectivity index (χ3v) is 3.79. The highest BCUT2D eigenvalue weighted by molar-refractivity contribution is 7.98. The van der Waals surface area contributed by atoms with E-state index in [-0.39, 0.29) is 5.38 Å². The lowest BCUT2D eigenvalue weighted by Crippen LogP contribution is -2.19. The van der Waals surface area contributed by atoms with Gasteiger partial charge in [-0.05, 0) is 24.7 Å². The summed E-state index contributed by atoms with van der Waals surface area (Å²) in [6.07, 6.45) is 4.08. The second-order valence-electron chi connectivity index (χ2n) is 3.73. The van der Waals surface area contributed by atoms with Crippen molar-refractivity contribution in [2.24, 2.45) is 0 Å². The molecule has 3 rings (SSSR count). The van der Waals surface area contributed by atoms with Crippen molar-refractivity contribution in [1.29, 1.82) is 0 Å². The van der Waals surface area contributed by atoms with Gasteiger partial charge in [-0.2, -0.15) is 4.98 Å². The third-order valence-electron chi connectivity index (χ3n) is 2.82. The number of nitrogens with zero attached hydrogens (tertiary/aromatic N) is 3. The van der Waals surface area contributed by atoms with Crippen LogP contribution in [0.3, 0.4) is 0 Å². The van der Waals surface area contributed by atoms with Crippen LogP contribution in [-0.4, -0.2) is 26.4 Å². The van der Waals surface area contributed by atoms with E-state index >= 15 is 0 Å². The second kappa shape index (κ2) is 3.42. The van der Waals surface area contributed by atoms with Crippen LogP contribution in [0.4, 0.5) is 5.95 Å². The van der Waals surface area contributed by atoms with Crippen LogP contribution in [0.15, 0.2) is 16.4 Å². The van der Waals surface area contributed by atoms with E-state index in [2.05, 4.69) is 15.4 Å². The van der Waals surface area contributed by atoms with Gasteiger partial charge in [-0.25, -0.2) is 4.68 Å². The van der Waals surface area contributed by atoms with Crippen LogP contribution in [0.5, 0.6) is 0 Å². The minimum Gasteiger partial charge on any atom is -0.327 e. The van der Waals surface area contributed by atoms with E-state index < -0.39 is 0 Å². The Hall–Kier alpha value is -0.680. The molecule has 2 aliphatic rings. The fourth-order valence-electron chi connectivity index (χ4n) is 2.04. The highest BCUT2D eigenvalue weighted by Gasteiger charge is 2.29. The molecule has 0 fully saturated rings. The Labute approximate surface area is 97.1 Å². The first-order valence-corrected chi connectivity index (χ1v) is 6.56. The maximum Gasteiger partial charge on any atom is 0.226 e. The monoisotopic (exact) mass is 242 g/mol. The van der Waals surface area contributed by atoms with Gasteiger partial charge in [0.15, 0.2) is 0 Å². The summed E-state index contributed by atoms with van der Waals surface area (Å²) in [6, 6.07) is 0. The van der Waals surface area contributed by atoms with Crippen molar-refractivity contribution in [2.75, 3.05) is 11.6 Å². The summed E-state index contributed by atoms with van der Waals surface area (Å²) >= 11 is 7.77. The van der Waals surface area contributed by atoms with Gasteiger partial charge in [0, 0.05) is 5.70 Å². The minimum atomic E-state index is 0.128. The third kappa shape index (κ3) is 1.45. The van der Waals surface area contributed by atoms with Crippen molar-refractivity contribution in [1.82, 2.24) is 14.8 Å². The number of aromatic nitrogens is 3. The van der Waals surface area contributed by atoms with E-state index in [1.807, 2.05) is 10.9 Å². The molecular weight excluding hydrogens is 232 g/mol. The van der Waals surface area contributed by atoms with Gasteiger partial charge in [0.1, 0.15) is 0 Å². The Balaban J connectivity index is 1.95. The number of thioether (sulfide) groups is 1. The van der Waals surface area contributed by atoms with Crippen LogP contribution in [-0.2, 0) is 6.54 Å². The number of fused-ring (bicyclic) bond motifs is 1. The number of nitrogens with one attached hydrogen (secondary N) is 1. The molecule has 0 amide bonds. The lowest BCUT2D eigenvalue weighted by Gasteiger charge is -2.18. The normalized spacial score (nSPS) is 23.7. The molecule has 0 bridgehead atoms. The Morgan fingerprint density at radius 2 is 2.47 bits per heavy atom. The van der Waals surface area contributed by atoms with E-state index in [0.717, 1.165) is 36.2 Å². The number of rotatable bonds is 1. The predicted octanol–water partition coefficient (Wildman–Crippen LogP) is 2.08. The fourth-order valence-corrected chi connectivity index (χ4v) is 2.72. The molecule has 0 saturated carbocycles. The number of halogens is 1. The number of anilines is 1. The average molecular weight is 243 g/mol. The summed E-state index contributed by atoms with van der Waals surface area (Å²) in [5.41, 5.74) is 2.53. The Bertz CT molecular complexity index is 439. The highest BCUT2D eigenvalue weighted by Crippen LogP contribution is 2.35. The van der Waals surface area contributed by atoms with Crippen LogP contribution in [0.1, 0.15) is 12.8 Å². The van der Waals surface area contributed by atoms with Gasteiger partial charge in [0.25, 0.3) is 0 Å². The van der Waals surface area contributed by atoms with E-state index in [1.165, 1.54) is 5.57 Å². The smallest absolute Gasteiger partial charge is 0.226 e. The van der Waals surface area contributed by atoms with Gasteiger partial charge in [0.2, 0.25) is 11.1 Å². The molecule has 2 heterocycles. The molecule has 0 radical (unpaired) electrons. The molecule has 1 aromatic rings. The zero-order chi connectivity index (χ0) is 10.4. The lowest BCUT2D eigenvalue weighted by molar-refractivity contribution is 0.641. The molecule has 1 aromatic heterocycles. The van der Waals surface area contributed by atoms with Crippen LogP contribution in [0.25, 0.3) is 0 Å². The van der Waals surface area contributed by atoms with E-state index in [0.29, 0.717) is 0 Å². The molecule has 80 valence electrons. The minimum absolute atomic E-state index is 0.128. The Morgan fingerprint density at radius 1 is 1.60 bits per heavy atom. The molecule has 0 saturated heterocycles. The quantitative estimate of drug-likeness (QED) is 0.605. The van der Waals surface area contributed by atoms with Crippen LogP contribution >= 0.6 is 23.4 Å². The molecule has 1 unspecified atom stereocenters. The maximum absolute atomic E-state index is 6.21. The number of hydrogen-bond donors (Lipinski definition) is 1. The summed E-state index contributed by atoms with van der Waals surface area (Å²) < 4.78 is 1.92. The maximum atomic E-state index is 6.21. The average Bonchev–Trinajstić information content (AvgIpc) is 2.79. The summed E-state index contributed by atoms with van der Waals surface area (Å²) in [7, 11) is 0. The lowest BCUT2D eigenvalue weighted by atomic mass is 10.2. The topological polar surface area (TPSA) is 42.7 Å². The van der Waals surface area contributed by atoms with Gasteiger partial charge in [-0.15, -0.1) is 16.7 Å². The molecule has 1 N–H and O–H groups in total. The van der Waals surface area contributed by atoms with E-state index in [1.54, 1.807) is 11.8 Å². The first-order chi connectivity index (χ1) is 7.28. The van der Waals surface area contributed by atoms with Crippen molar-refractivity contribution in [2.45, 2.75) is 29.9 Å². The van der Waals surface area contributed by atoms with Crippen LogP contribution in [0.2, 0.25) is 0 Å². The second-order valence-corrected chi connectivity index (χ2v) is 5.03. The summed E-state index contributed by atoms with van der Waals surface area (Å²) in [6.45, 7) is 0.842. The number of allylic oxidation sites excluding steroid dienone is 2. The zero-order valence-corrected chi connectivity index (χ0v) is 9.90. The summed E-state index contributed by atoms with van der Waals surface area (Å²) in [4.78, 5) is 4.38. The summed E-state index contributed by atoms with van der Waals surface area (Å²) in [5.74, 6) is 0.825. The van der Waals surface area contributed by atoms with Crippen molar-refractivity contribution in [3.05, 3.63) is 11.3 Å². The molecule has 1 aliphatic heterocycles. The van der Waals surface area contributed by atoms with Gasteiger partial charge >= 0.3 is 0 Å². The first kappa shape index (κ1) is 9.54. The first-order valence-electron chi connectivity index (χ1n) is 4.90.